The van der Waals surface area contributed by atoms with Crippen LogP contribution in [0.2, 0.25) is 0 Å². The summed E-state index contributed by atoms with van der Waals surface area (Å²) in [5.74, 6) is 0. The average Bonchev–Trinajstić information content (AvgIpc) is 2.64. The quantitative estimate of drug-likeness (QED) is 0.872. The molecule has 0 aliphatic rings. The minimum atomic E-state index is 0.398. The van der Waals surface area contributed by atoms with Crippen LogP contribution in [-0.2, 0) is 6.42 Å². The Hall–Kier alpha value is -1.20. The van der Waals surface area contributed by atoms with Crippen molar-refractivity contribution in [3.63, 3.8) is 0 Å². The third-order valence-electron chi connectivity index (χ3n) is 3.26. The summed E-state index contributed by atoms with van der Waals surface area (Å²) in [6.45, 7) is 6.28. The number of halogens is 1. The van der Waals surface area contributed by atoms with E-state index in [9.17, 15) is 0 Å². The summed E-state index contributed by atoms with van der Waals surface area (Å²) < 4.78 is 2.90. The molecule has 19 heavy (non-hydrogen) atoms. The predicted molar refractivity (Wildman–Crippen MR) is 86.0 cm³/mol. The summed E-state index contributed by atoms with van der Waals surface area (Å²) in [7, 11) is 0. The van der Waals surface area contributed by atoms with Gasteiger partial charge in [-0.05, 0) is 60.0 Å². The van der Waals surface area contributed by atoms with E-state index in [4.69, 9.17) is 18.0 Å². The first-order valence-corrected chi connectivity index (χ1v) is 7.30. The van der Waals surface area contributed by atoms with Crippen LogP contribution in [0.15, 0.2) is 22.7 Å². The second-order valence-electron chi connectivity index (χ2n) is 4.45. The van der Waals surface area contributed by atoms with E-state index in [0.29, 0.717) is 4.99 Å². The Kier molecular flexibility index (Phi) is 4.06. The van der Waals surface area contributed by atoms with Crippen molar-refractivity contribution in [2.75, 3.05) is 0 Å². The summed E-state index contributed by atoms with van der Waals surface area (Å²) in [6, 6.07) is 5.84. The molecule has 0 saturated heterocycles. The molecule has 0 atom stereocenters. The van der Waals surface area contributed by atoms with Crippen LogP contribution in [-0.4, -0.2) is 14.8 Å². The predicted octanol–water partition coefficient (Wildman–Crippen LogP) is 3.45. The lowest BCUT2D eigenvalue weighted by Crippen LogP contribution is -2.10. The fraction of sp³-hybridized carbons (Fsp3) is 0.286. The lowest BCUT2D eigenvalue weighted by atomic mass is 10.1. The van der Waals surface area contributed by atoms with E-state index in [1.54, 1.807) is 0 Å². The van der Waals surface area contributed by atoms with Crippen molar-refractivity contribution in [3.8, 4) is 5.69 Å². The molecule has 0 spiro atoms. The summed E-state index contributed by atoms with van der Waals surface area (Å²) >= 11 is 8.55. The number of hydrogen-bond donors (Lipinski definition) is 1. The Morgan fingerprint density at radius 2 is 2.11 bits per heavy atom. The van der Waals surface area contributed by atoms with E-state index in [0.717, 1.165) is 27.8 Å². The number of benzene rings is 1. The molecule has 1 heterocycles. The smallest absolute Gasteiger partial charge is 0.104 e. The topological polar surface area (TPSA) is 43.8 Å². The highest BCUT2D eigenvalue weighted by molar-refractivity contribution is 9.10. The number of rotatable bonds is 3. The van der Waals surface area contributed by atoms with Crippen molar-refractivity contribution in [2.45, 2.75) is 27.2 Å². The Morgan fingerprint density at radius 1 is 1.42 bits per heavy atom. The van der Waals surface area contributed by atoms with E-state index < -0.39 is 0 Å². The molecule has 0 saturated carbocycles. The second kappa shape index (κ2) is 5.43. The Labute approximate surface area is 126 Å². The van der Waals surface area contributed by atoms with Gasteiger partial charge in [-0.3, -0.25) is 0 Å². The molecule has 0 radical (unpaired) electrons. The first kappa shape index (κ1) is 14.2. The zero-order valence-corrected chi connectivity index (χ0v) is 13.6. The molecule has 1 aromatic carbocycles. The molecule has 1 aromatic heterocycles. The minimum Gasteiger partial charge on any atom is -0.389 e. The van der Waals surface area contributed by atoms with Crippen molar-refractivity contribution in [1.82, 2.24) is 9.78 Å². The van der Waals surface area contributed by atoms with Crippen molar-refractivity contribution in [3.05, 3.63) is 45.2 Å². The molecule has 0 aliphatic carbocycles. The van der Waals surface area contributed by atoms with Crippen LogP contribution in [0.25, 0.3) is 5.69 Å². The highest BCUT2D eigenvalue weighted by Crippen LogP contribution is 2.25. The summed E-state index contributed by atoms with van der Waals surface area (Å²) in [5, 5.41) is 4.61. The number of aromatic nitrogens is 2. The SMILES string of the molecule is CCc1c(C)nn(-c2ccc(C(N)=S)cc2Br)c1C. The summed E-state index contributed by atoms with van der Waals surface area (Å²) in [6.07, 6.45) is 0.986. The average molecular weight is 338 g/mol. The molecule has 3 nitrogen and oxygen atoms in total. The fourth-order valence-electron chi connectivity index (χ4n) is 2.25. The van der Waals surface area contributed by atoms with Gasteiger partial charge in [0.05, 0.1) is 11.4 Å². The van der Waals surface area contributed by atoms with Crippen LogP contribution >= 0.6 is 28.1 Å². The Morgan fingerprint density at radius 3 is 2.58 bits per heavy atom. The number of thiocarbonyl (C=S) groups is 1. The third-order valence-corrected chi connectivity index (χ3v) is 4.13. The molecule has 0 fully saturated rings. The zero-order chi connectivity index (χ0) is 14.2. The molecular formula is C14H16BrN3S. The Bertz CT molecular complexity index is 646. The van der Waals surface area contributed by atoms with Crippen LogP contribution in [0.3, 0.4) is 0 Å². The van der Waals surface area contributed by atoms with Gasteiger partial charge in [-0.15, -0.1) is 0 Å². The fourth-order valence-corrected chi connectivity index (χ4v) is 2.93. The highest BCUT2D eigenvalue weighted by atomic mass is 79.9. The number of hydrogen-bond acceptors (Lipinski definition) is 2. The van der Waals surface area contributed by atoms with Gasteiger partial charge in [0.2, 0.25) is 0 Å². The summed E-state index contributed by atoms with van der Waals surface area (Å²) in [4.78, 5) is 0.398. The lowest BCUT2D eigenvalue weighted by molar-refractivity contribution is 0.829. The van der Waals surface area contributed by atoms with Gasteiger partial charge in [0.1, 0.15) is 4.99 Å². The van der Waals surface area contributed by atoms with Crippen molar-refractivity contribution < 1.29 is 0 Å². The van der Waals surface area contributed by atoms with Crippen LogP contribution in [0.4, 0.5) is 0 Å². The molecule has 0 aliphatic heterocycles. The molecule has 2 aromatic rings. The van der Waals surface area contributed by atoms with Gasteiger partial charge in [0, 0.05) is 15.7 Å². The summed E-state index contributed by atoms with van der Waals surface area (Å²) in [5.41, 5.74) is 11.0. The molecule has 2 N–H and O–H groups in total. The number of aryl methyl sites for hydroxylation is 1. The maximum Gasteiger partial charge on any atom is 0.104 e. The van der Waals surface area contributed by atoms with Crippen molar-refractivity contribution in [2.24, 2.45) is 5.73 Å². The van der Waals surface area contributed by atoms with Crippen LogP contribution in [0.1, 0.15) is 29.4 Å². The molecular weight excluding hydrogens is 322 g/mol. The van der Waals surface area contributed by atoms with Gasteiger partial charge in [0.25, 0.3) is 0 Å². The van der Waals surface area contributed by atoms with E-state index in [-0.39, 0.29) is 0 Å². The van der Waals surface area contributed by atoms with E-state index in [2.05, 4.69) is 34.9 Å². The van der Waals surface area contributed by atoms with Gasteiger partial charge >= 0.3 is 0 Å². The normalized spacial score (nSPS) is 10.7. The van der Waals surface area contributed by atoms with Crippen LogP contribution in [0, 0.1) is 13.8 Å². The van der Waals surface area contributed by atoms with E-state index >= 15 is 0 Å². The first-order chi connectivity index (χ1) is 8.95. The lowest BCUT2D eigenvalue weighted by Gasteiger charge is -2.09. The van der Waals surface area contributed by atoms with Gasteiger partial charge < -0.3 is 5.73 Å². The monoisotopic (exact) mass is 337 g/mol. The Balaban J connectivity index is 2.57. The second-order valence-corrected chi connectivity index (χ2v) is 5.74. The van der Waals surface area contributed by atoms with Crippen molar-refractivity contribution >= 4 is 33.1 Å². The largest absolute Gasteiger partial charge is 0.389 e. The zero-order valence-electron chi connectivity index (χ0n) is 11.2. The van der Waals surface area contributed by atoms with Crippen molar-refractivity contribution in [1.29, 1.82) is 0 Å². The van der Waals surface area contributed by atoms with Gasteiger partial charge in [-0.2, -0.15) is 5.10 Å². The molecule has 5 heteroatoms. The highest BCUT2D eigenvalue weighted by Gasteiger charge is 2.13. The molecule has 0 unspecified atom stereocenters. The third kappa shape index (κ3) is 2.58. The maximum absolute atomic E-state index is 5.64. The van der Waals surface area contributed by atoms with Crippen LogP contribution in [0.5, 0.6) is 0 Å². The van der Waals surface area contributed by atoms with Gasteiger partial charge in [-0.1, -0.05) is 19.1 Å². The van der Waals surface area contributed by atoms with Gasteiger partial charge in [0.15, 0.2) is 0 Å². The maximum atomic E-state index is 5.64. The molecule has 100 valence electrons. The number of nitrogens with zero attached hydrogens (tertiary/aromatic N) is 2. The van der Waals surface area contributed by atoms with E-state index in [1.807, 2.05) is 29.8 Å². The molecule has 2 rings (SSSR count). The van der Waals surface area contributed by atoms with Crippen LogP contribution < -0.4 is 5.73 Å². The van der Waals surface area contributed by atoms with E-state index in [1.165, 1.54) is 11.3 Å². The molecule has 0 bridgehead atoms. The first-order valence-electron chi connectivity index (χ1n) is 6.10. The standard InChI is InChI=1S/C14H16BrN3S/c1-4-11-8(2)17-18(9(11)3)13-6-5-10(14(16)19)7-12(13)15/h5-7H,4H2,1-3H3,(H2,16,19). The molecule has 0 amide bonds. The number of nitrogens with two attached hydrogens (primary N) is 1. The van der Waals surface area contributed by atoms with Gasteiger partial charge in [-0.25, -0.2) is 4.68 Å². The minimum absolute atomic E-state index is 0.398.